The smallest absolute Gasteiger partial charge is 0.175 e. The fourth-order valence-corrected chi connectivity index (χ4v) is 7.30. The SMILES string of the molecule is O=C1CCc2c1c1c3ccccc3n3c1c1c2c2ccccc2n1[C@@]1(O)CC3C[C@]1(O)CO. The molecule has 0 spiro atoms. The van der Waals surface area contributed by atoms with Gasteiger partial charge < -0.3 is 24.5 Å². The number of ketones is 1. The van der Waals surface area contributed by atoms with Gasteiger partial charge in [-0.1, -0.05) is 36.4 Å². The number of hydrogen-bond acceptors (Lipinski definition) is 4. The Morgan fingerprint density at radius 1 is 0.879 bits per heavy atom. The third-order valence-corrected chi connectivity index (χ3v) is 8.58. The molecule has 1 aliphatic heterocycles. The average Bonchev–Trinajstić information content (AvgIpc) is 3.51. The van der Waals surface area contributed by atoms with Crippen molar-refractivity contribution in [1.82, 2.24) is 9.13 Å². The molecule has 0 saturated heterocycles. The molecule has 5 aromatic rings. The van der Waals surface area contributed by atoms with E-state index in [4.69, 9.17) is 0 Å². The third kappa shape index (κ3) is 1.78. The van der Waals surface area contributed by atoms with Gasteiger partial charge in [0.25, 0.3) is 0 Å². The minimum absolute atomic E-state index is 0.173. The molecule has 164 valence electrons. The van der Waals surface area contributed by atoms with Gasteiger partial charge in [0.15, 0.2) is 11.5 Å². The van der Waals surface area contributed by atoms with Crippen molar-refractivity contribution < 1.29 is 20.1 Å². The molecule has 6 heteroatoms. The zero-order valence-electron chi connectivity index (χ0n) is 17.9. The van der Waals surface area contributed by atoms with E-state index in [0.29, 0.717) is 12.8 Å². The fourth-order valence-electron chi connectivity index (χ4n) is 7.30. The van der Waals surface area contributed by atoms with Gasteiger partial charge in [0, 0.05) is 57.9 Å². The summed E-state index contributed by atoms with van der Waals surface area (Å²) in [6.45, 7) is -0.533. The van der Waals surface area contributed by atoms with Gasteiger partial charge in [-0.25, -0.2) is 0 Å². The molecule has 0 radical (unpaired) electrons. The topological polar surface area (TPSA) is 87.6 Å². The molecule has 2 aliphatic carbocycles. The number of aliphatic hydroxyl groups excluding tert-OH is 1. The number of para-hydroxylation sites is 2. The van der Waals surface area contributed by atoms with Crippen molar-refractivity contribution in [3.63, 3.8) is 0 Å². The van der Waals surface area contributed by atoms with E-state index in [2.05, 4.69) is 16.7 Å². The highest BCUT2D eigenvalue weighted by Gasteiger charge is 2.61. The molecular weight excluding hydrogens is 416 g/mol. The Morgan fingerprint density at radius 3 is 2.33 bits per heavy atom. The van der Waals surface area contributed by atoms with Crippen LogP contribution in [0.4, 0.5) is 0 Å². The summed E-state index contributed by atoms with van der Waals surface area (Å²) >= 11 is 0. The Kier molecular flexibility index (Phi) is 3.03. The van der Waals surface area contributed by atoms with Gasteiger partial charge in [-0.15, -0.1) is 0 Å². The fraction of sp³-hybridized carbons (Fsp3) is 0.296. The number of aliphatic hydroxyl groups is 3. The Bertz CT molecular complexity index is 1730. The maximum Gasteiger partial charge on any atom is 0.175 e. The number of carbonyl (C=O) groups excluding carboxylic acids is 1. The van der Waals surface area contributed by atoms with Gasteiger partial charge in [0.2, 0.25) is 0 Å². The number of benzene rings is 3. The zero-order chi connectivity index (χ0) is 22.3. The molecule has 0 amide bonds. The summed E-state index contributed by atoms with van der Waals surface area (Å²) in [5, 5.41) is 38.1. The van der Waals surface area contributed by atoms with Crippen LogP contribution < -0.4 is 0 Å². The lowest BCUT2D eigenvalue weighted by atomic mass is 9.93. The van der Waals surface area contributed by atoms with E-state index < -0.39 is 17.9 Å². The molecule has 1 saturated carbocycles. The molecule has 3 heterocycles. The van der Waals surface area contributed by atoms with Gasteiger partial charge >= 0.3 is 0 Å². The molecule has 33 heavy (non-hydrogen) atoms. The summed E-state index contributed by atoms with van der Waals surface area (Å²) in [6, 6.07) is 15.8. The van der Waals surface area contributed by atoms with Crippen LogP contribution in [-0.2, 0) is 12.1 Å². The average molecular weight is 438 g/mol. The van der Waals surface area contributed by atoms with Gasteiger partial charge in [-0.05, 0) is 24.1 Å². The number of rotatable bonds is 1. The number of fused-ring (bicyclic) bond motifs is 13. The van der Waals surface area contributed by atoms with E-state index in [1.54, 1.807) is 0 Å². The molecule has 6 nitrogen and oxygen atoms in total. The summed E-state index contributed by atoms with van der Waals surface area (Å²) in [4.78, 5) is 13.3. The lowest BCUT2D eigenvalue weighted by molar-refractivity contribution is -0.194. The third-order valence-electron chi connectivity index (χ3n) is 8.58. The molecule has 1 fully saturated rings. The van der Waals surface area contributed by atoms with Crippen molar-refractivity contribution in [2.75, 3.05) is 6.61 Å². The highest BCUT2D eigenvalue weighted by Crippen LogP contribution is 2.58. The van der Waals surface area contributed by atoms with Gasteiger partial charge in [-0.2, -0.15) is 0 Å². The monoisotopic (exact) mass is 438 g/mol. The van der Waals surface area contributed by atoms with E-state index >= 15 is 0 Å². The van der Waals surface area contributed by atoms with Gasteiger partial charge in [-0.3, -0.25) is 4.79 Å². The number of Topliss-reactive ketones (excluding diaryl/α,β-unsaturated/α-hetero) is 1. The van der Waals surface area contributed by atoms with Crippen molar-refractivity contribution in [2.24, 2.45) is 0 Å². The van der Waals surface area contributed by atoms with Crippen molar-refractivity contribution in [3.8, 4) is 0 Å². The lowest BCUT2D eigenvalue weighted by Crippen LogP contribution is -2.54. The normalized spacial score (nSPS) is 28.1. The lowest BCUT2D eigenvalue weighted by Gasteiger charge is -2.39. The molecule has 3 N–H and O–H groups in total. The first-order valence-electron chi connectivity index (χ1n) is 11.6. The first-order chi connectivity index (χ1) is 16.0. The number of carbonyl (C=O) groups is 1. The first-order valence-corrected chi connectivity index (χ1v) is 11.6. The van der Waals surface area contributed by atoms with E-state index in [-0.39, 0.29) is 24.7 Å². The van der Waals surface area contributed by atoms with Crippen molar-refractivity contribution >= 4 is 49.4 Å². The number of aromatic nitrogens is 2. The molecule has 2 aromatic heterocycles. The highest BCUT2D eigenvalue weighted by molar-refractivity contribution is 6.31. The summed E-state index contributed by atoms with van der Waals surface area (Å²) in [5.74, 6) is 0.173. The maximum absolute atomic E-state index is 13.3. The van der Waals surface area contributed by atoms with Crippen LogP contribution in [0.2, 0.25) is 0 Å². The minimum atomic E-state index is -1.68. The van der Waals surface area contributed by atoms with Crippen LogP contribution in [0.1, 0.15) is 41.2 Å². The number of aryl methyl sites for hydroxylation is 1. The van der Waals surface area contributed by atoms with Crippen LogP contribution in [0.5, 0.6) is 0 Å². The van der Waals surface area contributed by atoms with Crippen LogP contribution in [0, 0.1) is 0 Å². The van der Waals surface area contributed by atoms with E-state index in [1.807, 2.05) is 41.0 Å². The molecule has 8 rings (SSSR count). The van der Waals surface area contributed by atoms with Crippen LogP contribution in [0.3, 0.4) is 0 Å². The van der Waals surface area contributed by atoms with E-state index in [9.17, 15) is 20.1 Å². The predicted molar refractivity (Wildman–Crippen MR) is 126 cm³/mol. The summed E-state index contributed by atoms with van der Waals surface area (Å²) in [6.07, 6.45) is 1.65. The van der Waals surface area contributed by atoms with Crippen LogP contribution >= 0.6 is 0 Å². The van der Waals surface area contributed by atoms with Crippen molar-refractivity contribution in [2.45, 2.75) is 43.1 Å². The Morgan fingerprint density at radius 2 is 1.58 bits per heavy atom. The summed E-state index contributed by atoms with van der Waals surface area (Å²) in [5.41, 5.74) is 2.12. The molecular formula is C27H22N2O4. The molecule has 1 unspecified atom stereocenters. The second-order valence-corrected chi connectivity index (χ2v) is 10.0. The molecule has 3 aromatic carbocycles. The Hall–Kier alpha value is -3.19. The number of nitrogens with zero attached hydrogens (tertiary/aromatic N) is 2. The van der Waals surface area contributed by atoms with Crippen molar-refractivity contribution in [3.05, 3.63) is 59.7 Å². The van der Waals surface area contributed by atoms with E-state index in [0.717, 1.165) is 54.7 Å². The Balaban J connectivity index is 1.78. The first kappa shape index (κ1) is 18.3. The quantitative estimate of drug-likeness (QED) is 0.372. The summed E-state index contributed by atoms with van der Waals surface area (Å²) in [7, 11) is 0. The predicted octanol–water partition coefficient (Wildman–Crippen LogP) is 3.75. The van der Waals surface area contributed by atoms with Crippen LogP contribution in [-0.4, -0.2) is 42.4 Å². The van der Waals surface area contributed by atoms with Gasteiger partial charge in [0.05, 0.1) is 23.2 Å². The second kappa shape index (κ2) is 5.47. The molecule has 2 bridgehead atoms. The zero-order valence-corrected chi connectivity index (χ0v) is 17.9. The van der Waals surface area contributed by atoms with E-state index in [1.165, 1.54) is 0 Å². The largest absolute Gasteiger partial charge is 0.393 e. The van der Waals surface area contributed by atoms with Crippen LogP contribution in [0.25, 0.3) is 43.6 Å². The number of hydrogen-bond donors (Lipinski definition) is 3. The molecule has 3 aliphatic rings. The van der Waals surface area contributed by atoms with Crippen LogP contribution in [0.15, 0.2) is 48.5 Å². The highest BCUT2D eigenvalue weighted by atomic mass is 16.4. The second-order valence-electron chi connectivity index (χ2n) is 10.0. The molecule has 3 atom stereocenters. The standard InChI is InChI=1S/C27H22N2O4/c30-13-26(32)11-14-12-27(26,33)29-19-8-4-2-6-16(19)21-17-9-10-20(31)22(17)23-15-5-1-3-7-18(15)28(14)24(23)25(21)29/h1-8,14,30,32-33H,9-13H2/t14?,26-,27+/m0/s1. The van der Waals surface area contributed by atoms with Crippen molar-refractivity contribution in [1.29, 1.82) is 0 Å². The minimum Gasteiger partial charge on any atom is -0.393 e. The Labute approximate surface area is 188 Å². The summed E-state index contributed by atoms with van der Waals surface area (Å²) < 4.78 is 4.10. The van der Waals surface area contributed by atoms with Gasteiger partial charge in [0.1, 0.15) is 5.60 Å². The maximum atomic E-state index is 13.3.